The van der Waals surface area contributed by atoms with Crippen molar-refractivity contribution in [2.45, 2.75) is 38.3 Å². The maximum Gasteiger partial charge on any atom is 0.237 e. The highest BCUT2D eigenvalue weighted by Crippen LogP contribution is 2.16. The summed E-state index contributed by atoms with van der Waals surface area (Å²) in [5.74, 6) is 0.274. The van der Waals surface area contributed by atoms with E-state index >= 15 is 0 Å². The van der Waals surface area contributed by atoms with E-state index in [1.165, 1.54) is 12.1 Å². The molecule has 6 nitrogen and oxygen atoms in total. The molecule has 3 rings (SSSR count). The van der Waals surface area contributed by atoms with Gasteiger partial charge in [-0.2, -0.15) is 0 Å². The molecule has 2 aliphatic rings. The van der Waals surface area contributed by atoms with Gasteiger partial charge in [0.2, 0.25) is 11.8 Å². The average molecular weight is 391 g/mol. The first-order valence-electron chi connectivity index (χ1n) is 10.2. The summed E-state index contributed by atoms with van der Waals surface area (Å²) < 4.78 is 13.0. The summed E-state index contributed by atoms with van der Waals surface area (Å²) in [5, 5.41) is 6.30. The van der Waals surface area contributed by atoms with E-state index in [4.69, 9.17) is 0 Å². The summed E-state index contributed by atoms with van der Waals surface area (Å²) in [6, 6.07) is 6.20. The monoisotopic (exact) mass is 390 g/mol. The Bertz CT molecular complexity index is 661. The SMILES string of the molecule is CN(Cc1ccc(F)cc1)C(=O)CN1CCCC(CNC(=O)C2CCCN2)C1. The predicted octanol–water partition coefficient (Wildman–Crippen LogP) is 1.36. The Hall–Kier alpha value is -1.99. The van der Waals surface area contributed by atoms with Gasteiger partial charge in [0.05, 0.1) is 12.6 Å². The molecule has 154 valence electrons. The quantitative estimate of drug-likeness (QED) is 0.738. The van der Waals surface area contributed by atoms with Crippen LogP contribution in [-0.4, -0.2) is 67.4 Å². The third kappa shape index (κ3) is 6.01. The molecular weight excluding hydrogens is 359 g/mol. The maximum atomic E-state index is 13.0. The fraction of sp³-hybridized carbons (Fsp3) is 0.619. The molecule has 0 saturated carbocycles. The van der Waals surface area contributed by atoms with Gasteiger partial charge in [0.1, 0.15) is 5.82 Å². The van der Waals surface area contributed by atoms with E-state index < -0.39 is 0 Å². The van der Waals surface area contributed by atoms with Gasteiger partial charge >= 0.3 is 0 Å². The lowest BCUT2D eigenvalue weighted by molar-refractivity contribution is -0.132. The Morgan fingerprint density at radius 3 is 2.75 bits per heavy atom. The normalized spacial score (nSPS) is 22.8. The molecule has 2 unspecified atom stereocenters. The minimum absolute atomic E-state index is 0.0404. The summed E-state index contributed by atoms with van der Waals surface area (Å²) in [6.45, 7) is 4.18. The van der Waals surface area contributed by atoms with E-state index in [1.54, 1.807) is 24.1 Å². The molecule has 2 fully saturated rings. The number of benzene rings is 1. The summed E-state index contributed by atoms with van der Waals surface area (Å²) in [6.07, 6.45) is 4.09. The van der Waals surface area contributed by atoms with Crippen LogP contribution in [-0.2, 0) is 16.1 Å². The molecule has 2 aliphatic heterocycles. The highest BCUT2D eigenvalue weighted by Gasteiger charge is 2.25. The maximum absolute atomic E-state index is 13.0. The van der Waals surface area contributed by atoms with Crippen LogP contribution in [0.2, 0.25) is 0 Å². The van der Waals surface area contributed by atoms with Gasteiger partial charge in [0, 0.05) is 26.7 Å². The molecule has 2 amide bonds. The number of piperidine rings is 1. The highest BCUT2D eigenvalue weighted by molar-refractivity contribution is 5.82. The molecule has 2 saturated heterocycles. The number of likely N-dealkylation sites (tertiary alicyclic amines) is 1. The van der Waals surface area contributed by atoms with Crippen molar-refractivity contribution in [2.24, 2.45) is 5.92 Å². The van der Waals surface area contributed by atoms with Gasteiger partial charge in [-0.05, 0) is 62.4 Å². The lowest BCUT2D eigenvalue weighted by Gasteiger charge is -2.33. The number of likely N-dealkylation sites (N-methyl/N-ethyl adjacent to an activating group) is 1. The van der Waals surface area contributed by atoms with Crippen LogP contribution in [0, 0.1) is 11.7 Å². The average Bonchev–Trinajstić information content (AvgIpc) is 3.23. The third-order valence-corrected chi connectivity index (χ3v) is 5.66. The van der Waals surface area contributed by atoms with Crippen molar-refractivity contribution in [1.29, 1.82) is 0 Å². The zero-order valence-electron chi connectivity index (χ0n) is 16.6. The molecule has 0 radical (unpaired) electrons. The van der Waals surface area contributed by atoms with Gasteiger partial charge in [-0.3, -0.25) is 14.5 Å². The van der Waals surface area contributed by atoms with Crippen LogP contribution in [0.15, 0.2) is 24.3 Å². The van der Waals surface area contributed by atoms with Gasteiger partial charge in [-0.1, -0.05) is 12.1 Å². The fourth-order valence-electron chi connectivity index (χ4n) is 4.00. The van der Waals surface area contributed by atoms with Gasteiger partial charge in [-0.25, -0.2) is 4.39 Å². The summed E-state index contributed by atoms with van der Waals surface area (Å²) in [7, 11) is 1.78. The second-order valence-electron chi connectivity index (χ2n) is 8.01. The van der Waals surface area contributed by atoms with Crippen molar-refractivity contribution < 1.29 is 14.0 Å². The number of nitrogens with one attached hydrogen (secondary N) is 2. The lowest BCUT2D eigenvalue weighted by Crippen LogP contribution is -2.47. The largest absolute Gasteiger partial charge is 0.354 e. The predicted molar refractivity (Wildman–Crippen MR) is 106 cm³/mol. The number of hydrogen-bond acceptors (Lipinski definition) is 4. The van der Waals surface area contributed by atoms with E-state index in [9.17, 15) is 14.0 Å². The Balaban J connectivity index is 1.41. The van der Waals surface area contributed by atoms with E-state index in [0.717, 1.165) is 50.9 Å². The van der Waals surface area contributed by atoms with Crippen molar-refractivity contribution in [3.05, 3.63) is 35.6 Å². The topological polar surface area (TPSA) is 64.7 Å². The van der Waals surface area contributed by atoms with Crippen LogP contribution >= 0.6 is 0 Å². The summed E-state index contributed by atoms with van der Waals surface area (Å²) >= 11 is 0. The fourth-order valence-corrected chi connectivity index (χ4v) is 4.00. The van der Waals surface area contributed by atoms with Crippen molar-refractivity contribution >= 4 is 11.8 Å². The van der Waals surface area contributed by atoms with Crippen molar-refractivity contribution in [1.82, 2.24) is 20.4 Å². The number of rotatable bonds is 7. The zero-order valence-corrected chi connectivity index (χ0v) is 16.6. The number of carbonyl (C=O) groups is 2. The standard InChI is InChI=1S/C21H31FN4O2/c1-25(13-16-6-8-18(22)9-7-16)20(27)15-26-11-3-4-17(14-26)12-24-21(28)19-5-2-10-23-19/h6-9,17,19,23H,2-5,10-15H2,1H3,(H,24,28). The summed E-state index contributed by atoms with van der Waals surface area (Å²) in [4.78, 5) is 28.6. The first-order chi connectivity index (χ1) is 13.5. The Kier molecular flexibility index (Phi) is 7.39. The van der Waals surface area contributed by atoms with Crippen molar-refractivity contribution in [3.63, 3.8) is 0 Å². The second-order valence-corrected chi connectivity index (χ2v) is 8.01. The van der Waals surface area contributed by atoms with Crippen molar-refractivity contribution in [3.8, 4) is 0 Å². The molecule has 2 heterocycles. The van der Waals surface area contributed by atoms with Gasteiger partial charge < -0.3 is 15.5 Å². The molecule has 0 bridgehead atoms. The number of carbonyl (C=O) groups excluding carboxylic acids is 2. The molecule has 1 aromatic rings. The number of nitrogens with zero attached hydrogens (tertiary/aromatic N) is 2. The Labute approximate surface area is 166 Å². The molecule has 28 heavy (non-hydrogen) atoms. The van der Waals surface area contributed by atoms with E-state index in [-0.39, 0.29) is 23.7 Å². The number of halogens is 1. The smallest absolute Gasteiger partial charge is 0.237 e. The molecule has 2 N–H and O–H groups in total. The van der Waals surface area contributed by atoms with E-state index in [0.29, 0.717) is 25.6 Å². The van der Waals surface area contributed by atoms with Crippen LogP contribution in [0.5, 0.6) is 0 Å². The minimum Gasteiger partial charge on any atom is -0.354 e. The third-order valence-electron chi connectivity index (χ3n) is 5.66. The van der Waals surface area contributed by atoms with Crippen LogP contribution in [0.1, 0.15) is 31.2 Å². The van der Waals surface area contributed by atoms with Crippen LogP contribution in [0.25, 0.3) is 0 Å². The van der Waals surface area contributed by atoms with E-state index in [2.05, 4.69) is 15.5 Å². The number of amides is 2. The first kappa shape index (κ1) is 20.7. The molecule has 0 aliphatic carbocycles. The molecular formula is C21H31FN4O2. The second kappa shape index (κ2) is 9.98. The van der Waals surface area contributed by atoms with Gasteiger partial charge in [0.25, 0.3) is 0 Å². The summed E-state index contributed by atoms with van der Waals surface area (Å²) in [5.41, 5.74) is 0.914. The molecule has 2 atom stereocenters. The highest BCUT2D eigenvalue weighted by atomic mass is 19.1. The van der Waals surface area contributed by atoms with Crippen LogP contribution in [0.3, 0.4) is 0 Å². The molecule has 0 aromatic heterocycles. The molecule has 0 spiro atoms. The zero-order chi connectivity index (χ0) is 19.9. The first-order valence-corrected chi connectivity index (χ1v) is 10.2. The van der Waals surface area contributed by atoms with Crippen molar-refractivity contribution in [2.75, 3.05) is 39.8 Å². The molecule has 1 aromatic carbocycles. The molecule has 7 heteroatoms. The Morgan fingerprint density at radius 1 is 1.25 bits per heavy atom. The number of hydrogen-bond donors (Lipinski definition) is 2. The van der Waals surface area contributed by atoms with Crippen LogP contribution in [0.4, 0.5) is 4.39 Å². The lowest BCUT2D eigenvalue weighted by atomic mass is 9.97. The van der Waals surface area contributed by atoms with Crippen LogP contribution < -0.4 is 10.6 Å². The van der Waals surface area contributed by atoms with E-state index in [1.807, 2.05) is 0 Å². The minimum atomic E-state index is -0.270. The Morgan fingerprint density at radius 2 is 2.04 bits per heavy atom. The van der Waals surface area contributed by atoms with Gasteiger partial charge in [0.15, 0.2) is 0 Å². The van der Waals surface area contributed by atoms with Gasteiger partial charge in [-0.15, -0.1) is 0 Å².